The van der Waals surface area contributed by atoms with Crippen LogP contribution in [0.2, 0.25) is 0 Å². The molecule has 6 heteroatoms. The first-order chi connectivity index (χ1) is 8.33. The minimum absolute atomic E-state index is 0.287. The summed E-state index contributed by atoms with van der Waals surface area (Å²) in [6, 6.07) is 5.02. The van der Waals surface area contributed by atoms with E-state index in [0.29, 0.717) is 5.56 Å². The van der Waals surface area contributed by atoms with Crippen molar-refractivity contribution in [3.63, 3.8) is 0 Å². The van der Waals surface area contributed by atoms with Crippen LogP contribution < -0.4 is 4.74 Å². The lowest BCUT2D eigenvalue weighted by molar-refractivity contribution is -0.139. The molecular weight excluding hydrogens is 247 g/mol. The molecule has 0 spiro atoms. The molecule has 0 amide bonds. The Balaban J connectivity index is 2.83. The largest absolute Gasteiger partial charge is 0.493 e. The molecule has 1 rings (SSSR count). The SMILES string of the molecule is CC(=NO)c1ccc(C)cc1OCCC(F)(F)F. The second-order valence-corrected chi connectivity index (χ2v) is 3.90. The smallest absolute Gasteiger partial charge is 0.392 e. The van der Waals surface area contributed by atoms with Crippen molar-refractivity contribution in [1.29, 1.82) is 0 Å². The van der Waals surface area contributed by atoms with Crippen molar-refractivity contribution in [2.75, 3.05) is 6.61 Å². The summed E-state index contributed by atoms with van der Waals surface area (Å²) in [6.07, 6.45) is -5.26. The van der Waals surface area contributed by atoms with Crippen LogP contribution >= 0.6 is 0 Å². The van der Waals surface area contributed by atoms with E-state index in [1.807, 2.05) is 0 Å². The Morgan fingerprint density at radius 2 is 2.06 bits per heavy atom. The second kappa shape index (κ2) is 5.75. The van der Waals surface area contributed by atoms with Crippen molar-refractivity contribution in [3.8, 4) is 5.75 Å². The maximum absolute atomic E-state index is 12.0. The molecule has 0 aromatic heterocycles. The van der Waals surface area contributed by atoms with Gasteiger partial charge in [0.15, 0.2) is 0 Å². The predicted molar refractivity (Wildman–Crippen MR) is 61.3 cm³/mol. The number of benzene rings is 1. The van der Waals surface area contributed by atoms with Gasteiger partial charge in [-0.3, -0.25) is 0 Å². The van der Waals surface area contributed by atoms with Crippen LogP contribution in [0, 0.1) is 6.92 Å². The molecule has 0 heterocycles. The molecule has 3 nitrogen and oxygen atoms in total. The molecule has 1 aromatic rings. The molecule has 1 N–H and O–H groups in total. The van der Waals surface area contributed by atoms with E-state index in [0.717, 1.165) is 5.56 Å². The molecule has 0 aliphatic heterocycles. The molecule has 0 bridgehead atoms. The van der Waals surface area contributed by atoms with Crippen molar-refractivity contribution in [3.05, 3.63) is 29.3 Å². The molecule has 0 aliphatic carbocycles. The van der Waals surface area contributed by atoms with Gasteiger partial charge >= 0.3 is 6.18 Å². The molecule has 0 aliphatic rings. The fourth-order valence-electron chi connectivity index (χ4n) is 1.38. The van der Waals surface area contributed by atoms with Crippen LogP contribution in [0.25, 0.3) is 0 Å². The van der Waals surface area contributed by atoms with Crippen LogP contribution in [0.1, 0.15) is 24.5 Å². The number of halogens is 3. The average Bonchev–Trinajstić information content (AvgIpc) is 2.26. The maximum atomic E-state index is 12.0. The third-order valence-electron chi connectivity index (χ3n) is 2.32. The van der Waals surface area contributed by atoms with Crippen LogP contribution in [-0.2, 0) is 0 Å². The highest BCUT2D eigenvalue weighted by Crippen LogP contribution is 2.24. The minimum atomic E-state index is -4.25. The summed E-state index contributed by atoms with van der Waals surface area (Å²) in [5.41, 5.74) is 1.62. The number of alkyl halides is 3. The standard InChI is InChI=1S/C12H14F3NO2/c1-8-3-4-10(9(2)16-17)11(7-8)18-6-5-12(13,14)15/h3-4,7,17H,5-6H2,1-2H3. The van der Waals surface area contributed by atoms with Crippen LogP contribution in [-0.4, -0.2) is 23.7 Å². The first-order valence-corrected chi connectivity index (χ1v) is 5.32. The van der Waals surface area contributed by atoms with E-state index >= 15 is 0 Å². The van der Waals surface area contributed by atoms with Gasteiger partial charge in [0.1, 0.15) is 5.75 Å². The second-order valence-electron chi connectivity index (χ2n) is 3.90. The van der Waals surface area contributed by atoms with Gasteiger partial charge in [-0.25, -0.2) is 0 Å². The minimum Gasteiger partial charge on any atom is -0.493 e. The Kier molecular flexibility index (Phi) is 4.58. The van der Waals surface area contributed by atoms with E-state index in [4.69, 9.17) is 9.94 Å². The van der Waals surface area contributed by atoms with Crippen molar-refractivity contribution in [1.82, 2.24) is 0 Å². The van der Waals surface area contributed by atoms with Crippen LogP contribution in [0.4, 0.5) is 13.2 Å². The molecule has 0 atom stereocenters. The van der Waals surface area contributed by atoms with E-state index in [1.54, 1.807) is 32.0 Å². The van der Waals surface area contributed by atoms with Gasteiger partial charge in [-0.1, -0.05) is 11.2 Å². The Morgan fingerprint density at radius 3 is 2.61 bits per heavy atom. The van der Waals surface area contributed by atoms with E-state index < -0.39 is 19.2 Å². The molecule has 18 heavy (non-hydrogen) atoms. The fourth-order valence-corrected chi connectivity index (χ4v) is 1.38. The van der Waals surface area contributed by atoms with Crippen molar-refractivity contribution in [2.24, 2.45) is 5.16 Å². The quantitative estimate of drug-likeness (QED) is 0.512. The van der Waals surface area contributed by atoms with Crippen molar-refractivity contribution >= 4 is 5.71 Å². The summed E-state index contributed by atoms with van der Waals surface area (Å²) in [6.45, 7) is 2.88. The highest BCUT2D eigenvalue weighted by atomic mass is 19.4. The molecular formula is C12H14F3NO2. The highest BCUT2D eigenvalue weighted by Gasteiger charge is 2.27. The molecule has 0 radical (unpaired) electrons. The summed E-state index contributed by atoms with van der Waals surface area (Å²) >= 11 is 0. The van der Waals surface area contributed by atoms with Gasteiger partial charge in [0, 0.05) is 5.56 Å². The summed E-state index contributed by atoms with van der Waals surface area (Å²) in [7, 11) is 0. The Morgan fingerprint density at radius 1 is 1.39 bits per heavy atom. The Bertz CT molecular complexity index is 441. The number of nitrogens with zero attached hydrogens (tertiary/aromatic N) is 1. The van der Waals surface area contributed by atoms with Gasteiger partial charge in [0.25, 0.3) is 0 Å². The van der Waals surface area contributed by atoms with Gasteiger partial charge in [-0.15, -0.1) is 0 Å². The Hall–Kier alpha value is -1.72. The Labute approximate surface area is 103 Å². The van der Waals surface area contributed by atoms with E-state index in [9.17, 15) is 13.2 Å². The van der Waals surface area contributed by atoms with Crippen molar-refractivity contribution in [2.45, 2.75) is 26.4 Å². The molecule has 1 aromatic carbocycles. The zero-order valence-electron chi connectivity index (χ0n) is 10.1. The lowest BCUT2D eigenvalue weighted by Crippen LogP contribution is -2.14. The third-order valence-corrected chi connectivity index (χ3v) is 2.32. The molecule has 0 saturated carbocycles. The van der Waals surface area contributed by atoms with Crippen molar-refractivity contribution < 1.29 is 23.1 Å². The number of ether oxygens (including phenoxy) is 1. The van der Waals surface area contributed by atoms with Gasteiger partial charge in [0.2, 0.25) is 0 Å². The lowest BCUT2D eigenvalue weighted by Gasteiger charge is -2.12. The number of aryl methyl sites for hydroxylation is 1. The fraction of sp³-hybridized carbons (Fsp3) is 0.417. The number of hydrogen-bond acceptors (Lipinski definition) is 3. The molecule has 0 fully saturated rings. The van der Waals surface area contributed by atoms with Gasteiger partial charge in [0.05, 0.1) is 18.7 Å². The summed E-state index contributed by atoms with van der Waals surface area (Å²) in [4.78, 5) is 0. The van der Waals surface area contributed by atoms with E-state index in [2.05, 4.69) is 5.16 Å². The first kappa shape index (κ1) is 14.3. The van der Waals surface area contributed by atoms with Crippen LogP contribution in [0.3, 0.4) is 0 Å². The third kappa shape index (κ3) is 4.27. The predicted octanol–water partition coefficient (Wildman–Crippen LogP) is 3.52. The number of hydrogen-bond donors (Lipinski definition) is 1. The monoisotopic (exact) mass is 261 g/mol. The molecule has 0 saturated heterocycles. The normalized spacial score (nSPS) is 12.6. The molecule has 0 unspecified atom stereocenters. The molecule has 100 valence electrons. The maximum Gasteiger partial charge on any atom is 0.392 e. The summed E-state index contributed by atoms with van der Waals surface area (Å²) in [5.74, 6) is 0.287. The highest BCUT2D eigenvalue weighted by molar-refractivity contribution is 6.00. The van der Waals surface area contributed by atoms with E-state index in [-0.39, 0.29) is 11.5 Å². The van der Waals surface area contributed by atoms with Crippen LogP contribution in [0.15, 0.2) is 23.4 Å². The van der Waals surface area contributed by atoms with Gasteiger partial charge in [-0.05, 0) is 31.5 Å². The topological polar surface area (TPSA) is 41.8 Å². The summed E-state index contributed by atoms with van der Waals surface area (Å²) < 4.78 is 41.2. The summed E-state index contributed by atoms with van der Waals surface area (Å²) in [5, 5.41) is 11.7. The average molecular weight is 261 g/mol. The van der Waals surface area contributed by atoms with Gasteiger partial charge in [-0.2, -0.15) is 13.2 Å². The van der Waals surface area contributed by atoms with Gasteiger partial charge < -0.3 is 9.94 Å². The zero-order chi connectivity index (χ0) is 13.8. The van der Waals surface area contributed by atoms with Crippen LogP contribution in [0.5, 0.6) is 5.75 Å². The number of rotatable bonds is 4. The van der Waals surface area contributed by atoms with E-state index in [1.165, 1.54) is 0 Å². The zero-order valence-corrected chi connectivity index (χ0v) is 10.1. The first-order valence-electron chi connectivity index (χ1n) is 5.32. The lowest BCUT2D eigenvalue weighted by atomic mass is 10.1. The number of oxime groups is 1.